The summed E-state index contributed by atoms with van der Waals surface area (Å²) in [6.45, 7) is -0.966. The van der Waals surface area contributed by atoms with Gasteiger partial charge in [0.1, 0.15) is 12.4 Å². The molecule has 0 spiro atoms. The van der Waals surface area contributed by atoms with Gasteiger partial charge in [0, 0.05) is 4.47 Å². The average molecular weight is 348 g/mol. The molecule has 0 aliphatic heterocycles. The van der Waals surface area contributed by atoms with Crippen LogP contribution in [-0.2, 0) is 9.59 Å². The number of aliphatic carboxylic acids is 1. The first-order valence-corrected chi connectivity index (χ1v) is 6.17. The van der Waals surface area contributed by atoms with Gasteiger partial charge in [0.15, 0.2) is 0 Å². The molecule has 0 atom stereocenters. The number of carboxylic acids is 1. The van der Waals surface area contributed by atoms with E-state index in [9.17, 15) is 18.8 Å². The van der Waals surface area contributed by atoms with Crippen LogP contribution >= 0.6 is 15.9 Å². The van der Waals surface area contributed by atoms with Gasteiger partial charge in [-0.3, -0.25) is 9.59 Å². The van der Waals surface area contributed by atoms with Gasteiger partial charge < -0.3 is 21.1 Å². The zero-order valence-corrected chi connectivity index (χ0v) is 11.7. The Balaban J connectivity index is 2.44. The summed E-state index contributed by atoms with van der Waals surface area (Å²) in [6, 6.07) is 3.38. The monoisotopic (exact) mass is 347 g/mol. The van der Waals surface area contributed by atoms with Crippen molar-refractivity contribution < 1.29 is 23.9 Å². The molecule has 0 saturated carbocycles. The summed E-state index contributed by atoms with van der Waals surface area (Å²) in [5.74, 6) is -2.50. The molecule has 0 saturated heterocycles. The van der Waals surface area contributed by atoms with E-state index in [4.69, 9.17) is 5.11 Å². The third-order valence-corrected chi connectivity index (χ3v) is 2.71. The Hall–Kier alpha value is -2.16. The fourth-order valence-electron chi connectivity index (χ4n) is 1.17. The van der Waals surface area contributed by atoms with Crippen molar-refractivity contribution in [2.24, 2.45) is 0 Å². The summed E-state index contributed by atoms with van der Waals surface area (Å²) in [5, 5.41) is 14.8. The van der Waals surface area contributed by atoms with Crippen molar-refractivity contribution in [3.63, 3.8) is 0 Å². The van der Waals surface area contributed by atoms with Gasteiger partial charge in [-0.2, -0.15) is 0 Å². The third-order valence-electron chi connectivity index (χ3n) is 2.05. The quantitative estimate of drug-likeness (QED) is 0.634. The van der Waals surface area contributed by atoms with E-state index in [-0.39, 0.29) is 5.69 Å². The molecular weight excluding hydrogens is 337 g/mol. The molecule has 9 heteroatoms. The molecular formula is C11H11BrFN3O4. The number of hydrogen-bond donors (Lipinski definition) is 4. The number of benzene rings is 1. The molecule has 0 radical (unpaired) electrons. The molecule has 108 valence electrons. The number of anilines is 1. The number of carboxylic acid groups (broad SMARTS) is 1. The van der Waals surface area contributed by atoms with Crippen LogP contribution in [-0.4, -0.2) is 36.1 Å². The lowest BCUT2D eigenvalue weighted by atomic mass is 10.3. The number of amides is 3. The minimum absolute atomic E-state index is 0.0593. The van der Waals surface area contributed by atoms with Crippen LogP contribution < -0.4 is 16.0 Å². The van der Waals surface area contributed by atoms with Crippen molar-refractivity contribution in [3.05, 3.63) is 28.5 Å². The molecule has 0 aliphatic rings. The summed E-state index contributed by atoms with van der Waals surface area (Å²) < 4.78 is 13.8. The molecule has 4 N–H and O–H groups in total. The molecule has 20 heavy (non-hydrogen) atoms. The number of urea groups is 1. The first-order valence-electron chi connectivity index (χ1n) is 5.37. The molecule has 0 unspecified atom stereocenters. The van der Waals surface area contributed by atoms with E-state index >= 15 is 0 Å². The predicted molar refractivity (Wildman–Crippen MR) is 71.8 cm³/mol. The maximum atomic E-state index is 13.4. The molecule has 0 bridgehead atoms. The Kier molecular flexibility index (Phi) is 5.91. The second-order valence-corrected chi connectivity index (χ2v) is 4.43. The topological polar surface area (TPSA) is 108 Å². The zero-order valence-electron chi connectivity index (χ0n) is 10.1. The van der Waals surface area contributed by atoms with E-state index in [1.165, 1.54) is 18.2 Å². The second kappa shape index (κ2) is 7.43. The van der Waals surface area contributed by atoms with E-state index in [0.717, 1.165) is 0 Å². The first-order chi connectivity index (χ1) is 9.40. The fourth-order valence-corrected chi connectivity index (χ4v) is 1.61. The Morgan fingerprint density at radius 3 is 2.50 bits per heavy atom. The molecule has 0 heterocycles. The lowest BCUT2D eigenvalue weighted by Gasteiger charge is -2.09. The van der Waals surface area contributed by atoms with Crippen molar-refractivity contribution in [2.75, 3.05) is 18.4 Å². The summed E-state index contributed by atoms with van der Waals surface area (Å²) in [6.07, 6.45) is 0. The normalized spacial score (nSPS) is 9.70. The number of nitrogens with one attached hydrogen (secondary N) is 3. The van der Waals surface area contributed by atoms with Gasteiger partial charge in [-0.15, -0.1) is 0 Å². The van der Waals surface area contributed by atoms with Crippen LogP contribution in [0.1, 0.15) is 0 Å². The Morgan fingerprint density at radius 1 is 1.20 bits per heavy atom. The Bertz CT molecular complexity index is 518. The van der Waals surface area contributed by atoms with E-state index in [1.54, 1.807) is 0 Å². The maximum absolute atomic E-state index is 13.4. The van der Waals surface area contributed by atoms with E-state index < -0.39 is 36.8 Å². The predicted octanol–water partition coefficient (Wildman–Crippen LogP) is 0.910. The van der Waals surface area contributed by atoms with E-state index in [2.05, 4.69) is 31.9 Å². The molecule has 0 fully saturated rings. The van der Waals surface area contributed by atoms with Crippen molar-refractivity contribution in [1.29, 1.82) is 0 Å². The van der Waals surface area contributed by atoms with Crippen molar-refractivity contribution in [3.8, 4) is 0 Å². The van der Waals surface area contributed by atoms with Crippen LogP contribution in [0.4, 0.5) is 14.9 Å². The highest BCUT2D eigenvalue weighted by Gasteiger charge is 2.11. The number of carbonyl (C=O) groups is 3. The van der Waals surface area contributed by atoms with Crippen LogP contribution in [0, 0.1) is 5.82 Å². The second-order valence-electron chi connectivity index (χ2n) is 3.57. The van der Waals surface area contributed by atoms with Gasteiger partial charge in [0.2, 0.25) is 5.91 Å². The standard InChI is InChI=1S/C11H11BrFN3O4/c12-6-2-1-3-7(13)10(6)16-11(20)15-4-8(17)14-5-9(18)19/h1-3H,4-5H2,(H,14,17)(H,18,19)(H2,15,16,20). The minimum atomic E-state index is -1.20. The van der Waals surface area contributed by atoms with Crippen molar-refractivity contribution >= 4 is 39.5 Å². The highest BCUT2D eigenvalue weighted by molar-refractivity contribution is 9.10. The number of para-hydroxylation sites is 1. The Morgan fingerprint density at radius 2 is 1.90 bits per heavy atom. The largest absolute Gasteiger partial charge is 0.480 e. The van der Waals surface area contributed by atoms with Crippen LogP contribution in [0.25, 0.3) is 0 Å². The zero-order chi connectivity index (χ0) is 15.1. The van der Waals surface area contributed by atoms with Crippen molar-refractivity contribution in [1.82, 2.24) is 10.6 Å². The third kappa shape index (κ3) is 5.22. The number of halogens is 2. The average Bonchev–Trinajstić information content (AvgIpc) is 2.38. The summed E-state index contributed by atoms with van der Waals surface area (Å²) >= 11 is 3.07. The summed E-state index contributed by atoms with van der Waals surface area (Å²) in [4.78, 5) is 32.8. The van der Waals surface area contributed by atoms with Crippen LogP contribution in [0.15, 0.2) is 22.7 Å². The molecule has 0 aromatic heterocycles. The number of hydrogen-bond acceptors (Lipinski definition) is 3. The number of carbonyl (C=O) groups excluding carboxylic acids is 2. The van der Waals surface area contributed by atoms with Gasteiger partial charge in [0.05, 0.1) is 12.2 Å². The van der Waals surface area contributed by atoms with Gasteiger partial charge >= 0.3 is 12.0 Å². The fraction of sp³-hybridized carbons (Fsp3) is 0.182. The van der Waals surface area contributed by atoms with E-state index in [0.29, 0.717) is 4.47 Å². The molecule has 1 aromatic carbocycles. The highest BCUT2D eigenvalue weighted by atomic mass is 79.9. The maximum Gasteiger partial charge on any atom is 0.322 e. The van der Waals surface area contributed by atoms with Gasteiger partial charge in [0.25, 0.3) is 0 Å². The van der Waals surface area contributed by atoms with Gasteiger partial charge in [-0.05, 0) is 28.1 Å². The molecule has 1 aromatic rings. The minimum Gasteiger partial charge on any atom is -0.480 e. The smallest absolute Gasteiger partial charge is 0.322 e. The van der Waals surface area contributed by atoms with Crippen LogP contribution in [0.2, 0.25) is 0 Å². The summed E-state index contributed by atoms with van der Waals surface area (Å²) in [7, 11) is 0. The molecule has 3 amide bonds. The lowest BCUT2D eigenvalue weighted by molar-refractivity contribution is -0.137. The van der Waals surface area contributed by atoms with Crippen LogP contribution in [0.3, 0.4) is 0 Å². The Labute approximate surface area is 121 Å². The van der Waals surface area contributed by atoms with Crippen LogP contribution in [0.5, 0.6) is 0 Å². The van der Waals surface area contributed by atoms with Gasteiger partial charge in [-0.1, -0.05) is 6.07 Å². The van der Waals surface area contributed by atoms with Crippen molar-refractivity contribution in [2.45, 2.75) is 0 Å². The molecule has 1 rings (SSSR count). The number of rotatable bonds is 5. The van der Waals surface area contributed by atoms with E-state index in [1.807, 2.05) is 0 Å². The first kappa shape index (κ1) is 15.9. The van der Waals surface area contributed by atoms with Gasteiger partial charge in [-0.25, -0.2) is 9.18 Å². The SMILES string of the molecule is O=C(O)CNC(=O)CNC(=O)Nc1c(F)cccc1Br. The molecule has 0 aliphatic carbocycles. The summed E-state index contributed by atoms with van der Waals surface area (Å²) in [5.41, 5.74) is -0.0593. The molecule has 7 nitrogen and oxygen atoms in total. The lowest BCUT2D eigenvalue weighted by Crippen LogP contribution is -2.40. The highest BCUT2D eigenvalue weighted by Crippen LogP contribution is 2.24.